The third kappa shape index (κ3) is 2.34. The second-order valence-electron chi connectivity index (χ2n) is 2.44. The maximum atomic E-state index is 10.7. The van der Waals surface area contributed by atoms with Gasteiger partial charge in [0.05, 0.1) is 6.26 Å². The Morgan fingerprint density at radius 1 is 1.50 bits per heavy atom. The van der Waals surface area contributed by atoms with Crippen molar-refractivity contribution in [1.82, 2.24) is 4.72 Å². The summed E-state index contributed by atoms with van der Waals surface area (Å²) in [5.41, 5.74) is 0. The molecule has 57 valence electrons. The smallest absolute Gasteiger partial charge is 0.259 e. The Labute approximate surface area is 59.7 Å². The summed E-state index contributed by atoms with van der Waals surface area (Å²) in [6.45, 7) is 0. The minimum Gasteiger partial charge on any atom is -0.272 e. The van der Waals surface area contributed by atoms with Gasteiger partial charge in [0.1, 0.15) is 0 Å². The van der Waals surface area contributed by atoms with E-state index in [2.05, 4.69) is 4.72 Å². The van der Waals surface area contributed by atoms with Gasteiger partial charge in [0, 0.05) is 5.92 Å². The fourth-order valence-corrected chi connectivity index (χ4v) is 1.04. The molecule has 0 aromatic carbocycles. The number of hydrogen-bond donors (Lipinski definition) is 0. The van der Waals surface area contributed by atoms with Crippen LogP contribution >= 0.6 is 0 Å². The molecule has 1 amide bonds. The average molecular weight is 162 g/mol. The van der Waals surface area contributed by atoms with E-state index in [0.29, 0.717) is 0 Å². The van der Waals surface area contributed by atoms with Crippen LogP contribution in [0.5, 0.6) is 0 Å². The first-order valence-electron chi connectivity index (χ1n) is 2.96. The first-order chi connectivity index (χ1) is 4.49. The molecule has 4 nitrogen and oxygen atoms in total. The van der Waals surface area contributed by atoms with Crippen molar-refractivity contribution in [2.24, 2.45) is 5.92 Å². The molecule has 0 saturated heterocycles. The quantitative estimate of drug-likeness (QED) is 0.549. The van der Waals surface area contributed by atoms with Gasteiger partial charge in [0.25, 0.3) is 15.9 Å². The van der Waals surface area contributed by atoms with E-state index in [4.69, 9.17) is 0 Å². The molecule has 1 saturated carbocycles. The summed E-state index contributed by atoms with van der Waals surface area (Å²) >= 11 is 0. The number of carbonyl (C=O) groups is 1. The summed E-state index contributed by atoms with van der Waals surface area (Å²) < 4.78 is 23.8. The SMILES string of the molecule is CS(=O)(=O)[N]C(=O)C1CC1. The van der Waals surface area contributed by atoms with Crippen LogP contribution < -0.4 is 4.72 Å². The summed E-state index contributed by atoms with van der Waals surface area (Å²) in [4.78, 5) is 10.7. The number of rotatable bonds is 2. The molecule has 10 heavy (non-hydrogen) atoms. The van der Waals surface area contributed by atoms with Crippen LogP contribution in [0.15, 0.2) is 0 Å². The molecule has 0 aromatic rings. The molecular formula is C5H8NO3S. The van der Waals surface area contributed by atoms with Crippen LogP contribution in [0, 0.1) is 5.92 Å². The zero-order valence-corrected chi connectivity index (χ0v) is 6.39. The highest BCUT2D eigenvalue weighted by molar-refractivity contribution is 7.89. The van der Waals surface area contributed by atoms with E-state index in [1.807, 2.05) is 0 Å². The monoisotopic (exact) mass is 162 g/mol. The van der Waals surface area contributed by atoms with Gasteiger partial charge in [0.15, 0.2) is 0 Å². The summed E-state index contributed by atoms with van der Waals surface area (Å²) in [5, 5.41) is 0. The summed E-state index contributed by atoms with van der Waals surface area (Å²) in [5.74, 6) is -0.586. The standard InChI is InChI=1S/C5H8NO3S/c1-10(8,9)6-5(7)4-2-3-4/h4H,2-3H2,1H3. The zero-order chi connectivity index (χ0) is 7.78. The van der Waals surface area contributed by atoms with Crippen molar-refractivity contribution < 1.29 is 13.2 Å². The Morgan fingerprint density at radius 3 is 2.30 bits per heavy atom. The minimum atomic E-state index is -3.45. The van der Waals surface area contributed by atoms with Gasteiger partial charge in [0.2, 0.25) is 0 Å². The van der Waals surface area contributed by atoms with Gasteiger partial charge in [-0.05, 0) is 12.8 Å². The first kappa shape index (κ1) is 7.53. The van der Waals surface area contributed by atoms with Crippen molar-refractivity contribution in [3.63, 3.8) is 0 Å². The maximum absolute atomic E-state index is 10.7. The van der Waals surface area contributed by atoms with Crippen molar-refractivity contribution in [3.8, 4) is 0 Å². The van der Waals surface area contributed by atoms with E-state index in [1.54, 1.807) is 0 Å². The number of amides is 1. The van der Waals surface area contributed by atoms with Crippen LogP contribution in [-0.2, 0) is 14.8 Å². The van der Waals surface area contributed by atoms with E-state index in [9.17, 15) is 13.2 Å². The van der Waals surface area contributed by atoms with Crippen molar-refractivity contribution in [1.29, 1.82) is 0 Å². The third-order valence-electron chi connectivity index (χ3n) is 1.18. The van der Waals surface area contributed by atoms with Gasteiger partial charge in [-0.15, -0.1) is 4.72 Å². The van der Waals surface area contributed by atoms with Gasteiger partial charge in [-0.25, -0.2) is 8.42 Å². The lowest BCUT2D eigenvalue weighted by atomic mass is 10.4. The van der Waals surface area contributed by atoms with E-state index >= 15 is 0 Å². The van der Waals surface area contributed by atoms with Gasteiger partial charge in [-0.2, -0.15) is 0 Å². The van der Waals surface area contributed by atoms with Crippen LogP contribution in [0.3, 0.4) is 0 Å². The molecule has 0 unspecified atom stereocenters. The zero-order valence-electron chi connectivity index (χ0n) is 5.57. The fraction of sp³-hybridized carbons (Fsp3) is 0.800. The minimum absolute atomic E-state index is 0.102. The average Bonchev–Trinajstić information content (AvgIpc) is 2.35. The number of nitrogens with zero attached hydrogens (tertiary/aromatic N) is 1. The molecule has 0 aromatic heterocycles. The van der Waals surface area contributed by atoms with E-state index in [-0.39, 0.29) is 5.92 Å². The van der Waals surface area contributed by atoms with Crippen molar-refractivity contribution >= 4 is 15.9 Å². The lowest BCUT2D eigenvalue weighted by molar-refractivity contribution is -0.120. The number of sulfonamides is 1. The number of hydrogen-bond acceptors (Lipinski definition) is 3. The predicted octanol–water partition coefficient (Wildman–Crippen LogP) is -0.513. The van der Waals surface area contributed by atoms with Gasteiger partial charge in [-0.3, -0.25) is 4.79 Å². The Kier molecular flexibility index (Phi) is 1.68. The molecule has 1 aliphatic carbocycles. The van der Waals surface area contributed by atoms with Gasteiger partial charge >= 0.3 is 0 Å². The summed E-state index contributed by atoms with van der Waals surface area (Å²) in [6.07, 6.45) is 2.50. The van der Waals surface area contributed by atoms with Gasteiger partial charge in [-0.1, -0.05) is 0 Å². The predicted molar refractivity (Wildman–Crippen MR) is 34.7 cm³/mol. The molecule has 1 radical (unpaired) electrons. The lowest BCUT2D eigenvalue weighted by Crippen LogP contribution is -2.23. The molecule has 0 atom stereocenters. The second kappa shape index (κ2) is 2.23. The summed E-state index contributed by atoms with van der Waals surface area (Å²) in [6, 6.07) is 0. The molecular weight excluding hydrogens is 154 g/mol. The Balaban J connectivity index is 2.45. The molecule has 5 heteroatoms. The van der Waals surface area contributed by atoms with Crippen molar-refractivity contribution in [3.05, 3.63) is 0 Å². The molecule has 0 bridgehead atoms. The molecule has 1 fully saturated rings. The van der Waals surface area contributed by atoms with Gasteiger partial charge < -0.3 is 0 Å². The highest BCUT2D eigenvalue weighted by Crippen LogP contribution is 2.29. The van der Waals surface area contributed by atoms with E-state index in [0.717, 1.165) is 19.1 Å². The third-order valence-corrected chi connectivity index (χ3v) is 1.69. The topological polar surface area (TPSA) is 65.3 Å². The lowest BCUT2D eigenvalue weighted by Gasteiger charge is -1.93. The van der Waals surface area contributed by atoms with E-state index in [1.165, 1.54) is 0 Å². The normalized spacial score (nSPS) is 18.5. The highest BCUT2D eigenvalue weighted by atomic mass is 32.2. The van der Waals surface area contributed by atoms with Crippen LogP contribution in [-0.4, -0.2) is 20.6 Å². The maximum Gasteiger partial charge on any atom is 0.259 e. The molecule has 0 spiro atoms. The Bertz CT molecular complexity index is 240. The molecule has 0 N–H and O–H groups in total. The van der Waals surface area contributed by atoms with Crippen molar-refractivity contribution in [2.45, 2.75) is 12.8 Å². The largest absolute Gasteiger partial charge is 0.272 e. The first-order valence-corrected chi connectivity index (χ1v) is 4.81. The van der Waals surface area contributed by atoms with Crippen LogP contribution in [0.4, 0.5) is 0 Å². The Hall–Kier alpha value is -0.580. The van der Waals surface area contributed by atoms with Crippen molar-refractivity contribution in [2.75, 3.05) is 6.26 Å². The fourth-order valence-electron chi connectivity index (χ4n) is 0.568. The molecule has 1 aliphatic rings. The Morgan fingerprint density at radius 2 is 2.00 bits per heavy atom. The number of carbonyl (C=O) groups excluding carboxylic acids is 1. The molecule has 1 rings (SSSR count). The second-order valence-corrected chi connectivity index (χ2v) is 4.09. The highest BCUT2D eigenvalue weighted by Gasteiger charge is 2.32. The van der Waals surface area contributed by atoms with E-state index < -0.39 is 15.9 Å². The van der Waals surface area contributed by atoms with Crippen LogP contribution in [0.2, 0.25) is 0 Å². The summed E-state index contributed by atoms with van der Waals surface area (Å²) in [7, 11) is -3.45. The van der Waals surface area contributed by atoms with Crippen LogP contribution in [0.1, 0.15) is 12.8 Å². The molecule has 0 aliphatic heterocycles. The van der Waals surface area contributed by atoms with Crippen LogP contribution in [0.25, 0.3) is 0 Å². The molecule has 0 heterocycles.